The lowest BCUT2D eigenvalue weighted by molar-refractivity contribution is -0.161. The predicted octanol–water partition coefficient (Wildman–Crippen LogP) is 14.3. The lowest BCUT2D eigenvalue weighted by atomic mass is 10.00. The zero-order chi connectivity index (χ0) is 55.0. The Morgan fingerprint density at radius 2 is 0.649 bits per heavy atom. The minimum absolute atomic E-state index is 0.103. The monoisotopic (exact) mass is 1100 g/mol. The van der Waals surface area contributed by atoms with Crippen molar-refractivity contribution in [3.05, 3.63) is 0 Å². The molecule has 0 aromatic heterocycles. The highest BCUT2D eigenvalue weighted by Gasteiger charge is 2.30. The van der Waals surface area contributed by atoms with Crippen LogP contribution in [0.5, 0.6) is 0 Å². The number of esters is 4. The average molecular weight is 1100 g/mol. The Hall–Kier alpha value is -1.94. The van der Waals surface area contributed by atoms with Gasteiger partial charge in [-0.3, -0.25) is 37.3 Å². The van der Waals surface area contributed by atoms with E-state index in [0.717, 1.165) is 115 Å². The van der Waals surface area contributed by atoms with Gasteiger partial charge in [-0.15, -0.1) is 0 Å². The van der Waals surface area contributed by atoms with Gasteiger partial charge in [0.1, 0.15) is 19.3 Å². The van der Waals surface area contributed by atoms with Gasteiger partial charge < -0.3 is 33.8 Å². The van der Waals surface area contributed by atoms with E-state index in [2.05, 4.69) is 34.6 Å². The number of rotatable bonds is 55. The molecular weight excluding hydrogens is 995 g/mol. The van der Waals surface area contributed by atoms with E-state index in [1.807, 2.05) is 0 Å². The smallest absolute Gasteiger partial charge is 0.462 e. The number of carbonyl (C=O) groups excluding carboxylic acids is 4. The Morgan fingerprint density at radius 1 is 0.378 bits per heavy atom. The van der Waals surface area contributed by atoms with Gasteiger partial charge >= 0.3 is 39.5 Å². The fourth-order valence-electron chi connectivity index (χ4n) is 7.96. The second-order valence-corrected chi connectivity index (χ2v) is 23.1. The van der Waals surface area contributed by atoms with E-state index >= 15 is 0 Å². The van der Waals surface area contributed by atoms with Crippen LogP contribution in [0.25, 0.3) is 0 Å². The van der Waals surface area contributed by atoms with Crippen LogP contribution in [0.2, 0.25) is 0 Å². The number of aliphatic hydroxyl groups excluding tert-OH is 1. The molecule has 3 N–H and O–H groups in total. The van der Waals surface area contributed by atoms with E-state index in [-0.39, 0.29) is 25.7 Å². The molecule has 0 aliphatic carbocycles. The van der Waals surface area contributed by atoms with Gasteiger partial charge in [0.05, 0.1) is 26.4 Å². The van der Waals surface area contributed by atoms with Crippen molar-refractivity contribution in [3.63, 3.8) is 0 Å². The third kappa shape index (κ3) is 48.4. The van der Waals surface area contributed by atoms with E-state index < -0.39 is 97.5 Å². The van der Waals surface area contributed by atoms with Crippen molar-refractivity contribution in [1.82, 2.24) is 0 Å². The lowest BCUT2D eigenvalue weighted by Crippen LogP contribution is -2.30. The van der Waals surface area contributed by atoms with Gasteiger partial charge in [-0.1, -0.05) is 214 Å². The molecular formula is C55H106O17P2. The van der Waals surface area contributed by atoms with Gasteiger partial charge in [0.15, 0.2) is 12.2 Å². The van der Waals surface area contributed by atoms with Crippen LogP contribution in [0, 0.1) is 5.92 Å². The zero-order valence-corrected chi connectivity index (χ0v) is 48.7. The van der Waals surface area contributed by atoms with Crippen LogP contribution in [0.4, 0.5) is 0 Å². The van der Waals surface area contributed by atoms with E-state index in [9.17, 15) is 43.2 Å². The maximum Gasteiger partial charge on any atom is 0.472 e. The summed E-state index contributed by atoms with van der Waals surface area (Å²) in [6, 6.07) is 0. The summed E-state index contributed by atoms with van der Waals surface area (Å²) in [6.07, 6.45) is 29.6. The summed E-state index contributed by atoms with van der Waals surface area (Å²) >= 11 is 0. The molecule has 438 valence electrons. The molecule has 0 aromatic rings. The first kappa shape index (κ1) is 72.1. The van der Waals surface area contributed by atoms with Crippen LogP contribution < -0.4 is 0 Å². The predicted molar refractivity (Wildman–Crippen MR) is 289 cm³/mol. The Labute approximate surface area is 447 Å². The van der Waals surface area contributed by atoms with Gasteiger partial charge in [0, 0.05) is 25.7 Å². The third-order valence-corrected chi connectivity index (χ3v) is 14.8. The molecule has 74 heavy (non-hydrogen) atoms. The number of ether oxygens (including phenoxy) is 4. The van der Waals surface area contributed by atoms with Gasteiger partial charge in [0.2, 0.25) is 0 Å². The van der Waals surface area contributed by atoms with Crippen LogP contribution >= 0.6 is 15.6 Å². The fourth-order valence-corrected chi connectivity index (χ4v) is 9.54. The summed E-state index contributed by atoms with van der Waals surface area (Å²) in [5.74, 6) is -1.44. The molecule has 19 heteroatoms. The minimum atomic E-state index is -4.93. The van der Waals surface area contributed by atoms with Crippen LogP contribution in [-0.4, -0.2) is 96.7 Å². The van der Waals surface area contributed by atoms with Crippen molar-refractivity contribution in [1.29, 1.82) is 0 Å². The standard InChI is InChI=1S/C55H106O17P2/c1-6-10-13-16-19-21-24-29-34-39-53(58)66-45-51(72-55(60)41-36-31-26-25-27-32-37-48(5)9-4)47-70-74(63,64)68-43-49(56)42-67-73(61,62)69-46-50(44-65-52(57)38-33-28-22-18-15-12-8-3)71-54(59)40-35-30-23-20-17-14-11-7-2/h48-51,56H,6-47H2,1-5H3,(H,61,62)(H,63,64)/t48?,49-,50+,51+/m0/s1. The fraction of sp³-hybridized carbons (Fsp3) is 0.927. The molecule has 6 atom stereocenters. The highest BCUT2D eigenvalue weighted by molar-refractivity contribution is 7.47. The first-order valence-corrected chi connectivity index (χ1v) is 32.2. The van der Waals surface area contributed by atoms with E-state index in [1.54, 1.807) is 0 Å². The van der Waals surface area contributed by atoms with Crippen LogP contribution in [0.1, 0.15) is 266 Å². The molecule has 0 aliphatic heterocycles. The molecule has 0 aliphatic rings. The largest absolute Gasteiger partial charge is 0.472 e. The number of hydrogen-bond donors (Lipinski definition) is 3. The topological polar surface area (TPSA) is 237 Å². The Morgan fingerprint density at radius 3 is 0.959 bits per heavy atom. The normalized spacial score (nSPS) is 14.9. The summed E-state index contributed by atoms with van der Waals surface area (Å²) in [5.41, 5.74) is 0. The van der Waals surface area contributed by atoms with Crippen LogP contribution in [0.3, 0.4) is 0 Å². The van der Waals surface area contributed by atoms with Crippen molar-refractivity contribution >= 4 is 39.5 Å². The van der Waals surface area contributed by atoms with E-state index in [1.165, 1.54) is 70.6 Å². The van der Waals surface area contributed by atoms with E-state index in [0.29, 0.717) is 25.7 Å². The quantitative estimate of drug-likeness (QED) is 0.0222. The maximum atomic E-state index is 12.9. The first-order chi connectivity index (χ1) is 35.6. The van der Waals surface area contributed by atoms with Crippen molar-refractivity contribution < 1.29 is 80.2 Å². The lowest BCUT2D eigenvalue weighted by Gasteiger charge is -2.21. The third-order valence-electron chi connectivity index (χ3n) is 12.9. The SMILES string of the molecule is CCCCCCCCCCCC(=O)OC[C@H](COP(=O)(O)OC[C@@H](O)COP(=O)(O)OC[C@@H](COC(=O)CCCCCCCCC)OC(=O)CCCCCCCCCC)OC(=O)CCCCCCCCC(C)CC. The molecule has 0 rings (SSSR count). The van der Waals surface area contributed by atoms with Crippen LogP contribution in [0.15, 0.2) is 0 Å². The Bertz CT molecular complexity index is 1470. The molecule has 3 unspecified atom stereocenters. The second kappa shape index (κ2) is 49.4. The summed E-state index contributed by atoms with van der Waals surface area (Å²) in [7, 11) is -9.86. The number of aliphatic hydroxyl groups is 1. The molecule has 0 radical (unpaired) electrons. The van der Waals surface area contributed by atoms with Gasteiger partial charge in [-0.05, 0) is 31.6 Å². The summed E-state index contributed by atoms with van der Waals surface area (Å²) in [4.78, 5) is 71.5. The van der Waals surface area contributed by atoms with Crippen LogP contribution in [-0.2, 0) is 65.4 Å². The average Bonchev–Trinajstić information content (AvgIpc) is 3.37. The molecule has 17 nitrogen and oxygen atoms in total. The summed E-state index contributed by atoms with van der Waals surface area (Å²) in [5, 5.41) is 10.5. The highest BCUT2D eigenvalue weighted by Crippen LogP contribution is 2.45. The number of hydrogen-bond acceptors (Lipinski definition) is 15. The maximum absolute atomic E-state index is 12.9. The molecule has 0 saturated heterocycles. The Balaban J connectivity index is 5.21. The van der Waals surface area contributed by atoms with Gasteiger partial charge in [-0.2, -0.15) is 0 Å². The number of carbonyl (C=O) groups is 4. The molecule has 0 aromatic carbocycles. The first-order valence-electron chi connectivity index (χ1n) is 29.2. The van der Waals surface area contributed by atoms with Crippen molar-refractivity contribution in [3.8, 4) is 0 Å². The number of phosphoric ester groups is 2. The molecule has 0 spiro atoms. The number of phosphoric acid groups is 2. The molecule has 0 amide bonds. The van der Waals surface area contributed by atoms with Crippen molar-refractivity contribution in [2.24, 2.45) is 5.92 Å². The van der Waals surface area contributed by atoms with Crippen molar-refractivity contribution in [2.75, 3.05) is 39.6 Å². The number of unbranched alkanes of at least 4 members (excludes halogenated alkanes) is 26. The van der Waals surface area contributed by atoms with E-state index in [4.69, 9.17) is 37.0 Å². The second-order valence-electron chi connectivity index (χ2n) is 20.2. The summed E-state index contributed by atoms with van der Waals surface area (Å²) in [6.45, 7) is 6.99. The zero-order valence-electron chi connectivity index (χ0n) is 47.0. The van der Waals surface area contributed by atoms with Gasteiger partial charge in [0.25, 0.3) is 0 Å². The minimum Gasteiger partial charge on any atom is -0.462 e. The molecule has 0 bridgehead atoms. The molecule has 0 saturated carbocycles. The summed E-state index contributed by atoms with van der Waals surface area (Å²) < 4.78 is 67.4. The molecule has 0 fully saturated rings. The van der Waals surface area contributed by atoms with Crippen molar-refractivity contribution in [2.45, 2.75) is 284 Å². The Kier molecular flexibility index (Phi) is 48.1. The highest BCUT2D eigenvalue weighted by atomic mass is 31.2. The van der Waals surface area contributed by atoms with Gasteiger partial charge in [-0.25, -0.2) is 9.13 Å². The molecule has 0 heterocycles.